The molecule has 5 aromatic rings. The molecule has 0 spiro atoms. The molecule has 6 rings (SSSR count). The van der Waals surface area contributed by atoms with E-state index in [0.717, 1.165) is 58.9 Å². The van der Waals surface area contributed by atoms with Crippen molar-refractivity contribution in [2.45, 2.75) is 44.6 Å². The topological polar surface area (TPSA) is 59.1 Å². The molecule has 2 heterocycles. The van der Waals surface area contributed by atoms with Crippen molar-refractivity contribution in [3.63, 3.8) is 0 Å². The lowest BCUT2D eigenvalue weighted by Crippen LogP contribution is -2.38. The van der Waals surface area contributed by atoms with E-state index in [9.17, 15) is 9.59 Å². The highest BCUT2D eigenvalue weighted by molar-refractivity contribution is 7.21. The number of hydrogen-bond acceptors (Lipinski definition) is 4. The summed E-state index contributed by atoms with van der Waals surface area (Å²) in [5.74, 6) is 0.232. The van der Waals surface area contributed by atoms with Gasteiger partial charge in [-0.15, -0.1) is 11.3 Å². The molecule has 43 heavy (non-hydrogen) atoms. The van der Waals surface area contributed by atoms with Gasteiger partial charge in [-0.3, -0.25) is 14.6 Å². The van der Waals surface area contributed by atoms with Gasteiger partial charge in [0.15, 0.2) is 5.78 Å². The predicted molar refractivity (Wildman–Crippen MR) is 177 cm³/mol. The third kappa shape index (κ3) is 7.01. The first-order valence-corrected chi connectivity index (χ1v) is 16.3. The Hall–Kier alpha value is -3.51. The summed E-state index contributed by atoms with van der Waals surface area (Å²) in [6.45, 7) is 0. The molecule has 0 aliphatic heterocycles. The molecule has 4 nitrogen and oxygen atoms in total. The van der Waals surface area contributed by atoms with Gasteiger partial charge in [0.2, 0.25) is 0 Å². The fourth-order valence-corrected chi connectivity index (χ4v) is 7.92. The smallest absolute Gasteiger partial charge is 0.251 e. The molecular weight excluding hydrogens is 595 g/mol. The molecule has 0 radical (unpaired) electrons. The van der Waals surface area contributed by atoms with E-state index >= 15 is 0 Å². The molecule has 1 aliphatic rings. The Balaban J connectivity index is 1.19. The van der Waals surface area contributed by atoms with Crippen LogP contribution in [0.2, 0.25) is 10.0 Å². The van der Waals surface area contributed by atoms with Crippen molar-refractivity contribution in [3.8, 4) is 11.1 Å². The summed E-state index contributed by atoms with van der Waals surface area (Å²) in [5.41, 5.74) is 3.93. The van der Waals surface area contributed by atoms with Crippen LogP contribution in [0.25, 0.3) is 21.2 Å². The van der Waals surface area contributed by atoms with Gasteiger partial charge in [-0.1, -0.05) is 71.7 Å². The van der Waals surface area contributed by atoms with Crippen LogP contribution in [0.3, 0.4) is 0 Å². The fourth-order valence-electron chi connectivity index (χ4n) is 6.19. The molecule has 1 amide bonds. The number of Topliss-reactive ketones (excluding diaryl/α,β-unsaturated/α-hetero) is 1. The molecule has 1 saturated carbocycles. The number of carbonyl (C=O) groups excluding carboxylic acids is 2. The third-order valence-corrected chi connectivity index (χ3v) is 10.4. The van der Waals surface area contributed by atoms with Gasteiger partial charge in [-0.25, -0.2) is 0 Å². The number of carbonyl (C=O) groups is 2. The summed E-state index contributed by atoms with van der Waals surface area (Å²) >= 11 is 14.4. The summed E-state index contributed by atoms with van der Waals surface area (Å²) in [7, 11) is 0. The monoisotopic (exact) mass is 626 g/mol. The number of nitrogens with one attached hydrogen (secondary N) is 1. The highest BCUT2D eigenvalue weighted by Crippen LogP contribution is 2.39. The number of rotatable bonds is 9. The molecule has 3 aromatic carbocycles. The standard InChI is InChI=1S/C36H32Cl2N2O2S/c37-29-8-4-7-27(22-29)36(42)40-30-13-11-23(12-14-30)19-28(34(41)35-33(38)31-9-1-2-10-32(31)43-35)21-24-5-3-6-26(20-24)25-15-17-39-18-16-25/h1-10,15-18,20,22-23,28,30H,11-14,19,21H2,(H,40,42). The van der Waals surface area contributed by atoms with Gasteiger partial charge in [-0.05, 0) is 97.5 Å². The minimum Gasteiger partial charge on any atom is -0.349 e. The van der Waals surface area contributed by atoms with Crippen molar-refractivity contribution in [2.24, 2.45) is 11.8 Å². The molecule has 0 saturated heterocycles. The summed E-state index contributed by atoms with van der Waals surface area (Å²) in [4.78, 5) is 31.8. The number of halogens is 2. The molecule has 1 atom stereocenters. The Morgan fingerprint density at radius 1 is 0.860 bits per heavy atom. The molecule has 1 N–H and O–H groups in total. The maximum Gasteiger partial charge on any atom is 0.251 e. The van der Waals surface area contributed by atoms with E-state index in [1.807, 2.05) is 36.4 Å². The van der Waals surface area contributed by atoms with E-state index in [0.29, 0.717) is 32.8 Å². The van der Waals surface area contributed by atoms with Gasteiger partial charge < -0.3 is 5.32 Å². The molecule has 2 aromatic heterocycles. The van der Waals surface area contributed by atoms with Crippen LogP contribution in [0.1, 0.15) is 57.7 Å². The Bertz CT molecular complexity index is 1750. The minimum atomic E-state index is -0.194. The van der Waals surface area contributed by atoms with Crippen LogP contribution in [-0.4, -0.2) is 22.7 Å². The van der Waals surface area contributed by atoms with Crippen molar-refractivity contribution in [3.05, 3.63) is 123 Å². The maximum atomic E-state index is 14.2. The quantitative estimate of drug-likeness (QED) is 0.166. The van der Waals surface area contributed by atoms with Crippen LogP contribution in [0.15, 0.2) is 97.3 Å². The second-order valence-corrected chi connectivity index (χ2v) is 13.2. The normalized spacial score (nSPS) is 17.4. The Morgan fingerprint density at radius 3 is 2.40 bits per heavy atom. The Labute approximate surface area is 266 Å². The van der Waals surface area contributed by atoms with Gasteiger partial charge >= 0.3 is 0 Å². The van der Waals surface area contributed by atoms with Crippen LogP contribution >= 0.6 is 34.5 Å². The number of aromatic nitrogens is 1. The van der Waals surface area contributed by atoms with Gasteiger partial charge in [-0.2, -0.15) is 0 Å². The van der Waals surface area contributed by atoms with Gasteiger partial charge in [0, 0.05) is 45.0 Å². The molecular formula is C36H32Cl2N2O2S. The first-order chi connectivity index (χ1) is 20.9. The van der Waals surface area contributed by atoms with E-state index < -0.39 is 0 Å². The lowest BCUT2D eigenvalue weighted by atomic mass is 9.77. The Morgan fingerprint density at radius 2 is 1.63 bits per heavy atom. The largest absolute Gasteiger partial charge is 0.349 e. The van der Waals surface area contributed by atoms with Gasteiger partial charge in [0.1, 0.15) is 0 Å². The van der Waals surface area contributed by atoms with Crippen molar-refractivity contribution >= 4 is 56.3 Å². The third-order valence-electron chi connectivity index (χ3n) is 8.44. The second-order valence-electron chi connectivity index (χ2n) is 11.4. The van der Waals surface area contributed by atoms with Gasteiger partial charge in [0.05, 0.1) is 9.90 Å². The predicted octanol–water partition coefficient (Wildman–Crippen LogP) is 9.69. The number of thiophene rings is 1. The molecule has 218 valence electrons. The van der Waals surface area contributed by atoms with Crippen LogP contribution in [0.4, 0.5) is 0 Å². The number of ketones is 1. The number of pyridine rings is 1. The summed E-state index contributed by atoms with van der Waals surface area (Å²) in [5, 5.41) is 5.24. The lowest BCUT2D eigenvalue weighted by Gasteiger charge is -2.31. The molecule has 7 heteroatoms. The number of nitrogens with zero attached hydrogens (tertiary/aromatic N) is 1. The maximum absolute atomic E-state index is 14.2. The van der Waals surface area contributed by atoms with Crippen LogP contribution in [0.5, 0.6) is 0 Å². The fraction of sp³-hybridized carbons (Fsp3) is 0.250. The van der Waals surface area contributed by atoms with E-state index in [1.54, 1.807) is 36.7 Å². The zero-order chi connectivity index (χ0) is 29.8. The van der Waals surface area contributed by atoms with Crippen molar-refractivity contribution in [1.82, 2.24) is 10.3 Å². The molecule has 1 unspecified atom stereocenters. The average Bonchev–Trinajstić information content (AvgIpc) is 3.38. The minimum absolute atomic E-state index is 0.0903. The lowest BCUT2D eigenvalue weighted by molar-refractivity contribution is 0.0887. The number of fused-ring (bicyclic) bond motifs is 1. The number of benzene rings is 3. The Kier molecular flexibility index (Phi) is 9.22. The van der Waals surface area contributed by atoms with Crippen LogP contribution in [0, 0.1) is 11.8 Å². The average molecular weight is 628 g/mol. The van der Waals surface area contributed by atoms with E-state index in [2.05, 4.69) is 34.6 Å². The van der Waals surface area contributed by atoms with E-state index in [1.165, 1.54) is 11.3 Å². The summed E-state index contributed by atoms with van der Waals surface area (Å²) < 4.78 is 1.03. The zero-order valence-corrected chi connectivity index (χ0v) is 26.0. The highest BCUT2D eigenvalue weighted by atomic mass is 35.5. The molecule has 0 bridgehead atoms. The first-order valence-electron chi connectivity index (χ1n) is 14.7. The van der Waals surface area contributed by atoms with E-state index in [-0.39, 0.29) is 23.7 Å². The highest BCUT2D eigenvalue weighted by Gasteiger charge is 2.31. The van der Waals surface area contributed by atoms with Crippen molar-refractivity contribution in [2.75, 3.05) is 0 Å². The van der Waals surface area contributed by atoms with Crippen LogP contribution in [-0.2, 0) is 6.42 Å². The van der Waals surface area contributed by atoms with Crippen LogP contribution < -0.4 is 5.32 Å². The molecule has 1 fully saturated rings. The van der Waals surface area contributed by atoms with Crippen molar-refractivity contribution < 1.29 is 9.59 Å². The summed E-state index contributed by atoms with van der Waals surface area (Å²) in [6.07, 6.45) is 8.73. The summed E-state index contributed by atoms with van der Waals surface area (Å²) in [6, 6.07) is 27.6. The van der Waals surface area contributed by atoms with E-state index in [4.69, 9.17) is 23.2 Å². The first kappa shape index (κ1) is 29.6. The SMILES string of the molecule is O=C(NC1CCC(CC(Cc2cccc(-c3ccncc3)c2)C(=O)c2sc3ccccc3c2Cl)CC1)c1cccc(Cl)c1. The van der Waals surface area contributed by atoms with Crippen molar-refractivity contribution in [1.29, 1.82) is 0 Å². The molecule has 1 aliphatic carbocycles. The zero-order valence-electron chi connectivity index (χ0n) is 23.6. The number of amides is 1. The second kappa shape index (κ2) is 13.4. The number of hydrogen-bond donors (Lipinski definition) is 1. The van der Waals surface area contributed by atoms with Gasteiger partial charge in [0.25, 0.3) is 5.91 Å².